The predicted octanol–water partition coefficient (Wildman–Crippen LogP) is 3.74. The summed E-state index contributed by atoms with van der Waals surface area (Å²) in [6.45, 7) is 0.270. The number of alkyl halides is 3. The zero-order chi connectivity index (χ0) is 20.0. The van der Waals surface area contributed by atoms with Gasteiger partial charge in [-0.2, -0.15) is 13.2 Å². The first kappa shape index (κ1) is 20.2. The molecule has 142 valence electrons. The van der Waals surface area contributed by atoms with Crippen molar-refractivity contribution in [1.29, 1.82) is 0 Å². The van der Waals surface area contributed by atoms with Gasteiger partial charge in [-0.05, 0) is 41.5 Å². The van der Waals surface area contributed by atoms with Gasteiger partial charge in [-0.1, -0.05) is 24.3 Å². The van der Waals surface area contributed by atoms with Crippen LogP contribution in [0.15, 0.2) is 54.6 Å². The lowest BCUT2D eigenvalue weighted by Gasteiger charge is -2.10. The molecule has 0 saturated heterocycles. The van der Waals surface area contributed by atoms with Gasteiger partial charge in [0.2, 0.25) is 5.91 Å². The van der Waals surface area contributed by atoms with Crippen molar-refractivity contribution in [2.45, 2.75) is 12.7 Å². The average Bonchev–Trinajstić information content (AvgIpc) is 2.64. The van der Waals surface area contributed by atoms with Gasteiger partial charge in [0.05, 0.1) is 5.56 Å². The molecule has 1 N–H and O–H groups in total. The normalized spacial score (nSPS) is 11.4. The first-order valence-corrected chi connectivity index (χ1v) is 8.10. The second-order valence-corrected chi connectivity index (χ2v) is 6.07. The SMILES string of the molecule is CN(C)C(=O)c1ccc(CNC(=O)/C=C/c2ccc(C(F)(F)F)cc2)cc1. The third kappa shape index (κ3) is 5.99. The molecule has 0 aliphatic heterocycles. The van der Waals surface area contributed by atoms with E-state index >= 15 is 0 Å². The van der Waals surface area contributed by atoms with E-state index in [1.807, 2.05) is 0 Å². The molecule has 0 aliphatic carbocycles. The second-order valence-electron chi connectivity index (χ2n) is 6.07. The molecule has 27 heavy (non-hydrogen) atoms. The number of nitrogens with one attached hydrogen (secondary N) is 1. The fourth-order valence-electron chi connectivity index (χ4n) is 2.23. The monoisotopic (exact) mass is 376 g/mol. The molecule has 2 rings (SSSR count). The van der Waals surface area contributed by atoms with Gasteiger partial charge in [0.15, 0.2) is 0 Å². The summed E-state index contributed by atoms with van der Waals surface area (Å²) < 4.78 is 37.5. The molecule has 0 aromatic heterocycles. The minimum absolute atomic E-state index is 0.106. The highest BCUT2D eigenvalue weighted by Crippen LogP contribution is 2.29. The van der Waals surface area contributed by atoms with E-state index < -0.39 is 11.7 Å². The lowest BCUT2D eigenvalue weighted by atomic mass is 10.1. The van der Waals surface area contributed by atoms with E-state index in [0.717, 1.165) is 17.7 Å². The molecule has 0 fully saturated rings. The molecular weight excluding hydrogens is 357 g/mol. The largest absolute Gasteiger partial charge is 0.416 e. The number of halogens is 3. The van der Waals surface area contributed by atoms with Crippen molar-refractivity contribution >= 4 is 17.9 Å². The fourth-order valence-corrected chi connectivity index (χ4v) is 2.23. The van der Waals surface area contributed by atoms with Crippen molar-refractivity contribution < 1.29 is 22.8 Å². The number of hydrogen-bond donors (Lipinski definition) is 1. The topological polar surface area (TPSA) is 49.4 Å². The lowest BCUT2D eigenvalue weighted by Crippen LogP contribution is -2.22. The number of hydrogen-bond acceptors (Lipinski definition) is 2. The summed E-state index contributed by atoms with van der Waals surface area (Å²) in [6.07, 6.45) is -1.69. The maximum Gasteiger partial charge on any atom is 0.416 e. The molecule has 0 bridgehead atoms. The molecule has 2 amide bonds. The maximum atomic E-state index is 12.5. The van der Waals surface area contributed by atoms with Gasteiger partial charge in [0, 0.05) is 32.3 Å². The molecule has 0 unspecified atom stereocenters. The fraction of sp³-hybridized carbons (Fsp3) is 0.200. The Bertz CT molecular complexity index is 824. The summed E-state index contributed by atoms with van der Waals surface area (Å²) in [5, 5.41) is 2.68. The number of carbonyl (C=O) groups is 2. The number of rotatable bonds is 5. The van der Waals surface area contributed by atoms with Gasteiger partial charge in [0.25, 0.3) is 5.91 Å². The van der Waals surface area contributed by atoms with Crippen molar-refractivity contribution in [3.8, 4) is 0 Å². The standard InChI is InChI=1S/C20H19F3N2O2/c1-25(2)19(27)16-8-3-15(4-9-16)13-24-18(26)12-7-14-5-10-17(11-6-14)20(21,22)23/h3-12H,13H2,1-2H3,(H,24,26)/b12-7+. The Morgan fingerprint density at radius 1 is 1.00 bits per heavy atom. The third-order valence-corrected chi connectivity index (χ3v) is 3.74. The molecule has 0 spiro atoms. The number of benzene rings is 2. The number of amides is 2. The van der Waals surface area contributed by atoms with Crippen molar-refractivity contribution in [1.82, 2.24) is 10.2 Å². The molecule has 4 nitrogen and oxygen atoms in total. The van der Waals surface area contributed by atoms with E-state index in [4.69, 9.17) is 0 Å². The molecule has 7 heteroatoms. The first-order chi connectivity index (χ1) is 12.7. The van der Waals surface area contributed by atoms with Crippen LogP contribution in [0.5, 0.6) is 0 Å². The minimum atomic E-state index is -4.38. The van der Waals surface area contributed by atoms with Crippen LogP contribution in [-0.2, 0) is 17.5 Å². The molecule has 0 aliphatic rings. The zero-order valence-corrected chi connectivity index (χ0v) is 14.9. The van der Waals surface area contributed by atoms with Crippen LogP contribution in [-0.4, -0.2) is 30.8 Å². The molecule has 0 radical (unpaired) electrons. The van der Waals surface area contributed by atoms with E-state index in [2.05, 4.69) is 5.32 Å². The van der Waals surface area contributed by atoms with Crippen LogP contribution in [0, 0.1) is 0 Å². The molecule has 0 heterocycles. The Labute approximate surface area is 155 Å². The lowest BCUT2D eigenvalue weighted by molar-refractivity contribution is -0.137. The summed E-state index contributed by atoms with van der Waals surface area (Å²) in [7, 11) is 3.33. The smallest absolute Gasteiger partial charge is 0.348 e. The van der Waals surface area contributed by atoms with Crippen LogP contribution in [0.4, 0.5) is 13.2 Å². The molecule has 2 aromatic carbocycles. The van der Waals surface area contributed by atoms with E-state index in [1.165, 1.54) is 29.2 Å². The van der Waals surface area contributed by atoms with Gasteiger partial charge in [0.1, 0.15) is 0 Å². The van der Waals surface area contributed by atoms with Crippen LogP contribution >= 0.6 is 0 Å². The highest BCUT2D eigenvalue weighted by atomic mass is 19.4. The van der Waals surface area contributed by atoms with Gasteiger partial charge >= 0.3 is 6.18 Å². The van der Waals surface area contributed by atoms with Crippen LogP contribution < -0.4 is 5.32 Å². The average molecular weight is 376 g/mol. The Hall–Kier alpha value is -3.09. The van der Waals surface area contributed by atoms with E-state index in [1.54, 1.807) is 38.4 Å². The highest BCUT2D eigenvalue weighted by Gasteiger charge is 2.29. The summed E-state index contributed by atoms with van der Waals surface area (Å²) in [5.74, 6) is -0.478. The van der Waals surface area contributed by atoms with Gasteiger partial charge in [-0.15, -0.1) is 0 Å². The van der Waals surface area contributed by atoms with Crippen LogP contribution in [0.3, 0.4) is 0 Å². The zero-order valence-electron chi connectivity index (χ0n) is 14.9. The molecular formula is C20H19F3N2O2. The highest BCUT2D eigenvalue weighted by molar-refractivity contribution is 5.94. The van der Waals surface area contributed by atoms with Gasteiger partial charge in [-0.3, -0.25) is 9.59 Å². The van der Waals surface area contributed by atoms with Crippen LogP contribution in [0.25, 0.3) is 6.08 Å². The molecule has 2 aromatic rings. The predicted molar refractivity (Wildman–Crippen MR) is 96.8 cm³/mol. The Morgan fingerprint density at radius 3 is 2.11 bits per heavy atom. The molecule has 0 saturated carbocycles. The minimum Gasteiger partial charge on any atom is -0.348 e. The summed E-state index contributed by atoms with van der Waals surface area (Å²) in [5.41, 5.74) is 1.13. The Balaban J connectivity index is 1.88. The van der Waals surface area contributed by atoms with Crippen molar-refractivity contribution in [2.75, 3.05) is 14.1 Å². The van der Waals surface area contributed by atoms with Crippen LogP contribution in [0.1, 0.15) is 27.0 Å². The summed E-state index contributed by atoms with van der Waals surface area (Å²) in [4.78, 5) is 25.1. The maximum absolute atomic E-state index is 12.5. The first-order valence-electron chi connectivity index (χ1n) is 8.10. The number of carbonyl (C=O) groups excluding carboxylic acids is 2. The Morgan fingerprint density at radius 2 is 1.59 bits per heavy atom. The van der Waals surface area contributed by atoms with E-state index in [-0.39, 0.29) is 18.4 Å². The third-order valence-electron chi connectivity index (χ3n) is 3.74. The quantitative estimate of drug-likeness (QED) is 0.809. The second kappa shape index (κ2) is 8.53. The van der Waals surface area contributed by atoms with E-state index in [9.17, 15) is 22.8 Å². The van der Waals surface area contributed by atoms with Crippen LogP contribution in [0.2, 0.25) is 0 Å². The van der Waals surface area contributed by atoms with Crippen molar-refractivity contribution in [2.24, 2.45) is 0 Å². The van der Waals surface area contributed by atoms with Gasteiger partial charge < -0.3 is 10.2 Å². The van der Waals surface area contributed by atoms with Gasteiger partial charge in [-0.25, -0.2) is 0 Å². The van der Waals surface area contributed by atoms with Crippen molar-refractivity contribution in [3.05, 3.63) is 76.9 Å². The van der Waals surface area contributed by atoms with Crippen molar-refractivity contribution in [3.63, 3.8) is 0 Å². The Kier molecular flexibility index (Phi) is 6.39. The summed E-state index contributed by atoms with van der Waals surface area (Å²) in [6, 6.07) is 11.4. The summed E-state index contributed by atoms with van der Waals surface area (Å²) >= 11 is 0. The molecule has 0 atom stereocenters. The van der Waals surface area contributed by atoms with E-state index in [0.29, 0.717) is 11.1 Å². The number of nitrogens with zero attached hydrogens (tertiary/aromatic N) is 1.